The molecule has 1 amide bonds. The standard InChI is InChI=1S/C19H22N2O3/c22-18-17(7-4-11-20-18)19(23)21-12-8-16(9-13-21)24-14-10-15-5-2-1-3-6-15/h1-7,11,16H,8-10,12-14H2,(H,20,22). The average molecular weight is 326 g/mol. The molecule has 3 rings (SSSR count). The minimum absolute atomic E-state index is 0.187. The van der Waals surface area contributed by atoms with Gasteiger partial charge in [0, 0.05) is 19.3 Å². The number of carbonyl (C=O) groups is 1. The van der Waals surface area contributed by atoms with Crippen LogP contribution < -0.4 is 5.56 Å². The summed E-state index contributed by atoms with van der Waals surface area (Å²) in [5, 5.41) is 0. The number of hydrogen-bond acceptors (Lipinski definition) is 3. The fraction of sp³-hybridized carbons (Fsp3) is 0.368. The van der Waals surface area contributed by atoms with Gasteiger partial charge < -0.3 is 14.6 Å². The number of H-pyrrole nitrogens is 1. The van der Waals surface area contributed by atoms with Gasteiger partial charge in [0.2, 0.25) is 0 Å². The zero-order chi connectivity index (χ0) is 16.8. The molecule has 2 heterocycles. The largest absolute Gasteiger partial charge is 0.378 e. The van der Waals surface area contributed by atoms with Gasteiger partial charge >= 0.3 is 0 Å². The van der Waals surface area contributed by atoms with E-state index in [1.54, 1.807) is 17.0 Å². The Bertz CT molecular complexity index is 719. The van der Waals surface area contributed by atoms with Crippen LogP contribution in [0.3, 0.4) is 0 Å². The van der Waals surface area contributed by atoms with Crippen molar-refractivity contribution in [1.82, 2.24) is 9.88 Å². The van der Waals surface area contributed by atoms with Crippen molar-refractivity contribution in [2.24, 2.45) is 0 Å². The first-order valence-corrected chi connectivity index (χ1v) is 8.36. The van der Waals surface area contributed by atoms with Gasteiger partial charge in [-0.05, 0) is 37.0 Å². The van der Waals surface area contributed by atoms with Gasteiger partial charge in [0.1, 0.15) is 5.56 Å². The van der Waals surface area contributed by atoms with Crippen molar-refractivity contribution < 1.29 is 9.53 Å². The van der Waals surface area contributed by atoms with E-state index >= 15 is 0 Å². The Morgan fingerprint density at radius 1 is 1.12 bits per heavy atom. The predicted molar refractivity (Wildman–Crippen MR) is 92.1 cm³/mol. The molecule has 5 nitrogen and oxygen atoms in total. The third-order valence-corrected chi connectivity index (χ3v) is 4.36. The normalized spacial score (nSPS) is 15.4. The van der Waals surface area contributed by atoms with E-state index in [0.29, 0.717) is 19.7 Å². The first-order chi connectivity index (χ1) is 11.7. The molecule has 0 radical (unpaired) electrons. The van der Waals surface area contributed by atoms with Gasteiger partial charge in [0.05, 0.1) is 12.7 Å². The Balaban J connectivity index is 1.45. The molecule has 0 atom stereocenters. The van der Waals surface area contributed by atoms with Crippen molar-refractivity contribution in [3.63, 3.8) is 0 Å². The van der Waals surface area contributed by atoms with Crippen molar-refractivity contribution in [2.75, 3.05) is 19.7 Å². The Morgan fingerprint density at radius 2 is 1.88 bits per heavy atom. The molecule has 126 valence electrons. The maximum atomic E-state index is 12.4. The number of amides is 1. The number of piperidine rings is 1. The Labute approximate surface area is 141 Å². The second kappa shape index (κ2) is 7.93. The van der Waals surface area contributed by atoms with Crippen LogP contribution in [0, 0.1) is 0 Å². The van der Waals surface area contributed by atoms with E-state index in [1.165, 1.54) is 11.8 Å². The molecule has 0 spiro atoms. The molecule has 0 aliphatic carbocycles. The third kappa shape index (κ3) is 4.11. The second-order valence-electron chi connectivity index (χ2n) is 6.01. The van der Waals surface area contributed by atoms with Crippen molar-refractivity contribution in [3.05, 3.63) is 70.1 Å². The van der Waals surface area contributed by atoms with Gasteiger partial charge in [0.15, 0.2) is 0 Å². The zero-order valence-corrected chi connectivity index (χ0v) is 13.6. The number of benzene rings is 1. The number of nitrogens with zero attached hydrogens (tertiary/aromatic N) is 1. The highest BCUT2D eigenvalue weighted by Gasteiger charge is 2.25. The van der Waals surface area contributed by atoms with Crippen LogP contribution in [0.4, 0.5) is 0 Å². The maximum absolute atomic E-state index is 12.4. The summed E-state index contributed by atoms with van der Waals surface area (Å²) in [5.74, 6) is -0.195. The highest BCUT2D eigenvalue weighted by molar-refractivity contribution is 5.93. The smallest absolute Gasteiger partial charge is 0.260 e. The highest BCUT2D eigenvalue weighted by atomic mass is 16.5. The first kappa shape index (κ1) is 16.5. The van der Waals surface area contributed by atoms with E-state index in [4.69, 9.17) is 4.74 Å². The van der Waals surface area contributed by atoms with E-state index in [9.17, 15) is 9.59 Å². The van der Waals surface area contributed by atoms with Crippen LogP contribution in [-0.2, 0) is 11.2 Å². The van der Waals surface area contributed by atoms with Crippen LogP contribution in [0.25, 0.3) is 0 Å². The molecule has 0 unspecified atom stereocenters. The van der Waals surface area contributed by atoms with Crippen LogP contribution in [0.2, 0.25) is 0 Å². The molecule has 1 aliphatic heterocycles. The predicted octanol–water partition coefficient (Wildman–Crippen LogP) is 2.24. The molecule has 0 saturated carbocycles. The maximum Gasteiger partial charge on any atom is 0.260 e. The quantitative estimate of drug-likeness (QED) is 0.916. The number of nitrogens with one attached hydrogen (secondary N) is 1. The minimum atomic E-state index is -0.330. The summed E-state index contributed by atoms with van der Waals surface area (Å²) >= 11 is 0. The number of likely N-dealkylation sites (tertiary alicyclic amines) is 1. The first-order valence-electron chi connectivity index (χ1n) is 8.36. The fourth-order valence-corrected chi connectivity index (χ4v) is 2.97. The average Bonchev–Trinajstić information content (AvgIpc) is 2.63. The summed E-state index contributed by atoms with van der Waals surface area (Å²) in [5.41, 5.74) is 1.15. The van der Waals surface area contributed by atoms with Crippen LogP contribution in [0.15, 0.2) is 53.5 Å². The number of hydrogen-bond donors (Lipinski definition) is 1. The highest BCUT2D eigenvalue weighted by Crippen LogP contribution is 2.16. The summed E-state index contributed by atoms with van der Waals surface area (Å²) in [4.78, 5) is 28.4. The van der Waals surface area contributed by atoms with Gasteiger partial charge in [0.25, 0.3) is 11.5 Å². The minimum Gasteiger partial charge on any atom is -0.378 e. The van der Waals surface area contributed by atoms with Gasteiger partial charge in [-0.15, -0.1) is 0 Å². The third-order valence-electron chi connectivity index (χ3n) is 4.36. The van der Waals surface area contributed by atoms with Crippen LogP contribution in [-0.4, -0.2) is 41.6 Å². The molecule has 0 bridgehead atoms. The van der Waals surface area contributed by atoms with Gasteiger partial charge in [-0.25, -0.2) is 0 Å². The van der Waals surface area contributed by atoms with E-state index in [-0.39, 0.29) is 23.1 Å². The Morgan fingerprint density at radius 3 is 2.58 bits per heavy atom. The number of rotatable bonds is 5. The summed E-state index contributed by atoms with van der Waals surface area (Å²) in [6, 6.07) is 13.5. The molecule has 1 aromatic heterocycles. The van der Waals surface area contributed by atoms with E-state index in [0.717, 1.165) is 19.3 Å². The molecule has 1 N–H and O–H groups in total. The number of carbonyl (C=O) groups excluding carboxylic acids is 1. The molecule has 1 aliphatic rings. The second-order valence-corrected chi connectivity index (χ2v) is 6.01. The van der Waals surface area contributed by atoms with Crippen LogP contribution >= 0.6 is 0 Å². The van der Waals surface area contributed by atoms with Crippen LogP contribution in [0.1, 0.15) is 28.8 Å². The summed E-state index contributed by atoms with van der Waals surface area (Å²) in [7, 11) is 0. The molecule has 5 heteroatoms. The molecule has 24 heavy (non-hydrogen) atoms. The lowest BCUT2D eigenvalue weighted by Crippen LogP contribution is -2.42. The van der Waals surface area contributed by atoms with E-state index in [1.807, 2.05) is 18.2 Å². The lowest BCUT2D eigenvalue weighted by Gasteiger charge is -2.31. The van der Waals surface area contributed by atoms with E-state index < -0.39 is 0 Å². The summed E-state index contributed by atoms with van der Waals surface area (Å²) < 4.78 is 5.94. The lowest BCUT2D eigenvalue weighted by atomic mass is 10.1. The Hall–Kier alpha value is -2.40. The van der Waals surface area contributed by atoms with E-state index in [2.05, 4.69) is 17.1 Å². The number of ether oxygens (including phenoxy) is 1. The molecular weight excluding hydrogens is 304 g/mol. The monoisotopic (exact) mass is 326 g/mol. The SMILES string of the molecule is O=C(c1ccc[nH]c1=O)N1CCC(OCCc2ccccc2)CC1. The van der Waals surface area contributed by atoms with Crippen LogP contribution in [0.5, 0.6) is 0 Å². The van der Waals surface area contributed by atoms with Crippen molar-refractivity contribution in [1.29, 1.82) is 0 Å². The summed E-state index contributed by atoms with van der Waals surface area (Å²) in [6.45, 7) is 1.95. The van der Waals surface area contributed by atoms with Gasteiger partial charge in [-0.2, -0.15) is 0 Å². The topological polar surface area (TPSA) is 62.4 Å². The summed E-state index contributed by atoms with van der Waals surface area (Å²) in [6.07, 6.45) is 4.24. The van der Waals surface area contributed by atoms with Gasteiger partial charge in [-0.3, -0.25) is 9.59 Å². The molecule has 1 saturated heterocycles. The lowest BCUT2D eigenvalue weighted by molar-refractivity contribution is 0.01000. The Kier molecular flexibility index (Phi) is 5.43. The number of aromatic nitrogens is 1. The molecule has 2 aromatic rings. The number of aromatic amines is 1. The number of pyridine rings is 1. The van der Waals surface area contributed by atoms with Gasteiger partial charge in [-0.1, -0.05) is 30.3 Å². The van der Waals surface area contributed by atoms with Crippen molar-refractivity contribution in [2.45, 2.75) is 25.4 Å². The molecule has 1 aromatic carbocycles. The molecular formula is C19H22N2O3. The van der Waals surface area contributed by atoms with Crippen molar-refractivity contribution >= 4 is 5.91 Å². The van der Waals surface area contributed by atoms with Crippen molar-refractivity contribution in [3.8, 4) is 0 Å². The zero-order valence-electron chi connectivity index (χ0n) is 13.6. The fourth-order valence-electron chi connectivity index (χ4n) is 2.97. The molecule has 1 fully saturated rings.